The normalized spacial score (nSPS) is 10.8. The Morgan fingerprint density at radius 1 is 1.44 bits per heavy atom. The first-order valence-electron chi connectivity index (χ1n) is 3.60. The molecule has 0 unspecified atom stereocenters. The SMILES string of the molecule is N#Cc1c([N+](=O)[O-])cc(Cl)cc1S(=O)(=O)Cl. The zero-order valence-electron chi connectivity index (χ0n) is 7.35. The highest BCUT2D eigenvalue weighted by atomic mass is 35.7. The molecular weight excluding hydrogens is 279 g/mol. The fourth-order valence-corrected chi connectivity index (χ4v) is 2.32. The van der Waals surface area contributed by atoms with Crippen LogP contribution in [0.5, 0.6) is 0 Å². The Morgan fingerprint density at radius 3 is 2.38 bits per heavy atom. The molecule has 6 nitrogen and oxygen atoms in total. The number of nitrogens with zero attached hydrogens (tertiary/aromatic N) is 2. The lowest BCUT2D eigenvalue weighted by atomic mass is 10.2. The lowest BCUT2D eigenvalue weighted by Crippen LogP contribution is -2.00. The highest BCUT2D eigenvalue weighted by molar-refractivity contribution is 8.13. The van der Waals surface area contributed by atoms with Gasteiger partial charge in [0.25, 0.3) is 14.7 Å². The van der Waals surface area contributed by atoms with Crippen molar-refractivity contribution in [1.29, 1.82) is 5.26 Å². The summed E-state index contributed by atoms with van der Waals surface area (Å²) in [7, 11) is 0.768. The van der Waals surface area contributed by atoms with Crippen LogP contribution in [0.1, 0.15) is 5.56 Å². The first-order chi connectivity index (χ1) is 7.27. The second kappa shape index (κ2) is 4.25. The lowest BCUT2D eigenvalue weighted by Gasteiger charge is -2.01. The molecule has 0 atom stereocenters. The predicted octanol–water partition coefficient (Wildman–Crippen LogP) is 2.05. The summed E-state index contributed by atoms with van der Waals surface area (Å²) in [5.74, 6) is 0. The zero-order valence-corrected chi connectivity index (χ0v) is 9.67. The minimum Gasteiger partial charge on any atom is -0.258 e. The van der Waals surface area contributed by atoms with Crippen molar-refractivity contribution in [3.63, 3.8) is 0 Å². The van der Waals surface area contributed by atoms with Gasteiger partial charge in [-0.1, -0.05) is 11.6 Å². The molecule has 0 saturated heterocycles. The first-order valence-corrected chi connectivity index (χ1v) is 6.29. The lowest BCUT2D eigenvalue weighted by molar-refractivity contribution is -0.385. The van der Waals surface area contributed by atoms with Gasteiger partial charge in [0.15, 0.2) is 0 Å². The number of nitro benzene ring substituents is 1. The quantitative estimate of drug-likeness (QED) is 0.469. The molecular formula is C7H2Cl2N2O4S. The minimum absolute atomic E-state index is 0.190. The Hall–Kier alpha value is -1.36. The van der Waals surface area contributed by atoms with Gasteiger partial charge < -0.3 is 0 Å². The highest BCUT2D eigenvalue weighted by Crippen LogP contribution is 2.31. The fraction of sp³-hybridized carbons (Fsp3) is 0. The number of hydrogen-bond acceptors (Lipinski definition) is 5. The summed E-state index contributed by atoms with van der Waals surface area (Å²) in [5, 5.41) is 19.1. The molecule has 9 heteroatoms. The number of rotatable bonds is 2. The Bertz CT molecular complexity index is 606. The van der Waals surface area contributed by atoms with Gasteiger partial charge in [0, 0.05) is 21.8 Å². The maximum atomic E-state index is 11.1. The van der Waals surface area contributed by atoms with Crippen molar-refractivity contribution >= 4 is 37.0 Å². The summed E-state index contributed by atoms with van der Waals surface area (Å²) < 4.78 is 22.1. The van der Waals surface area contributed by atoms with Crippen LogP contribution in [0.15, 0.2) is 17.0 Å². The van der Waals surface area contributed by atoms with Crippen LogP contribution in [0.3, 0.4) is 0 Å². The maximum absolute atomic E-state index is 11.1. The molecule has 0 spiro atoms. The van der Waals surface area contributed by atoms with E-state index in [0.717, 1.165) is 12.1 Å². The van der Waals surface area contributed by atoms with Crippen molar-refractivity contribution in [3.05, 3.63) is 32.8 Å². The Labute approximate surface area is 99.6 Å². The second-order valence-corrected chi connectivity index (χ2v) is 5.58. The van der Waals surface area contributed by atoms with E-state index >= 15 is 0 Å². The van der Waals surface area contributed by atoms with E-state index in [-0.39, 0.29) is 5.02 Å². The first kappa shape index (κ1) is 12.7. The third-order valence-electron chi connectivity index (χ3n) is 1.62. The van der Waals surface area contributed by atoms with Crippen LogP contribution in [0, 0.1) is 21.4 Å². The van der Waals surface area contributed by atoms with Gasteiger partial charge in [-0.25, -0.2) is 8.42 Å². The van der Waals surface area contributed by atoms with Crippen LogP contribution in [0.2, 0.25) is 5.02 Å². The summed E-state index contributed by atoms with van der Waals surface area (Å²) >= 11 is 5.49. The van der Waals surface area contributed by atoms with Crippen LogP contribution in [0.25, 0.3) is 0 Å². The molecule has 0 aliphatic carbocycles. The van der Waals surface area contributed by atoms with E-state index in [9.17, 15) is 18.5 Å². The van der Waals surface area contributed by atoms with Crippen molar-refractivity contribution in [2.45, 2.75) is 4.90 Å². The summed E-state index contributed by atoms with van der Waals surface area (Å²) in [5.41, 5.74) is -1.33. The van der Waals surface area contributed by atoms with E-state index in [0.29, 0.717) is 0 Å². The number of nitro groups is 1. The number of benzene rings is 1. The summed E-state index contributed by atoms with van der Waals surface area (Å²) in [6, 6.07) is 3.18. The average Bonchev–Trinajstić information content (AvgIpc) is 2.14. The molecule has 0 aliphatic heterocycles. The Morgan fingerprint density at radius 2 is 2.00 bits per heavy atom. The van der Waals surface area contributed by atoms with Crippen molar-refractivity contribution in [2.24, 2.45) is 0 Å². The fourth-order valence-electron chi connectivity index (χ4n) is 1.02. The van der Waals surface area contributed by atoms with Crippen LogP contribution in [-0.4, -0.2) is 13.3 Å². The molecule has 0 fully saturated rings. The predicted molar refractivity (Wildman–Crippen MR) is 55.9 cm³/mol. The molecule has 0 aliphatic rings. The van der Waals surface area contributed by atoms with Crippen molar-refractivity contribution in [2.75, 3.05) is 0 Å². The van der Waals surface area contributed by atoms with Crippen LogP contribution >= 0.6 is 22.3 Å². The summed E-state index contributed by atoms with van der Waals surface area (Å²) in [4.78, 5) is 8.99. The molecule has 0 saturated carbocycles. The van der Waals surface area contributed by atoms with E-state index in [1.165, 1.54) is 6.07 Å². The smallest absolute Gasteiger partial charge is 0.258 e. The number of hydrogen-bond donors (Lipinski definition) is 0. The average molecular weight is 281 g/mol. The molecule has 0 N–H and O–H groups in total. The molecule has 0 radical (unpaired) electrons. The van der Waals surface area contributed by atoms with Gasteiger partial charge in [0.2, 0.25) is 0 Å². The van der Waals surface area contributed by atoms with E-state index in [2.05, 4.69) is 0 Å². The Balaban J connectivity index is 3.78. The molecule has 1 aromatic carbocycles. The van der Waals surface area contributed by atoms with Crippen molar-refractivity contribution in [1.82, 2.24) is 0 Å². The molecule has 1 rings (SSSR count). The van der Waals surface area contributed by atoms with Gasteiger partial charge in [-0.15, -0.1) is 0 Å². The van der Waals surface area contributed by atoms with Gasteiger partial charge in [0.1, 0.15) is 16.5 Å². The second-order valence-electron chi connectivity index (χ2n) is 2.60. The van der Waals surface area contributed by atoms with E-state index in [4.69, 9.17) is 27.5 Å². The van der Waals surface area contributed by atoms with Crippen LogP contribution < -0.4 is 0 Å². The molecule has 16 heavy (non-hydrogen) atoms. The third-order valence-corrected chi connectivity index (χ3v) is 3.18. The van der Waals surface area contributed by atoms with Gasteiger partial charge in [-0.2, -0.15) is 5.26 Å². The summed E-state index contributed by atoms with van der Waals surface area (Å²) in [6.07, 6.45) is 0. The number of halogens is 2. The molecule has 0 aromatic heterocycles. The highest BCUT2D eigenvalue weighted by Gasteiger charge is 2.25. The Kier molecular flexibility index (Phi) is 3.38. The third kappa shape index (κ3) is 2.41. The van der Waals surface area contributed by atoms with Crippen LogP contribution in [0.4, 0.5) is 5.69 Å². The van der Waals surface area contributed by atoms with Gasteiger partial charge >= 0.3 is 0 Å². The molecule has 84 valence electrons. The van der Waals surface area contributed by atoms with Gasteiger partial charge in [-0.05, 0) is 6.07 Å². The molecule has 0 amide bonds. The standard InChI is InChI=1S/C7H2Cl2N2O4S/c8-4-1-6(11(12)13)5(3-10)7(2-4)16(9,14)15/h1-2H. The maximum Gasteiger partial charge on any atom is 0.289 e. The van der Waals surface area contributed by atoms with Crippen LogP contribution in [-0.2, 0) is 9.05 Å². The van der Waals surface area contributed by atoms with E-state index in [1.54, 1.807) is 0 Å². The molecule has 0 heterocycles. The van der Waals surface area contributed by atoms with Gasteiger partial charge in [-0.3, -0.25) is 10.1 Å². The summed E-state index contributed by atoms with van der Waals surface area (Å²) in [6.45, 7) is 0. The monoisotopic (exact) mass is 280 g/mol. The van der Waals surface area contributed by atoms with Gasteiger partial charge in [0.05, 0.1) is 4.92 Å². The van der Waals surface area contributed by atoms with E-state index < -0.39 is 30.1 Å². The largest absolute Gasteiger partial charge is 0.289 e. The molecule has 1 aromatic rings. The zero-order chi connectivity index (χ0) is 12.5. The topological polar surface area (TPSA) is 101 Å². The van der Waals surface area contributed by atoms with E-state index in [1.807, 2.05) is 0 Å². The minimum atomic E-state index is -4.26. The van der Waals surface area contributed by atoms with Crippen molar-refractivity contribution < 1.29 is 13.3 Å². The van der Waals surface area contributed by atoms with Crippen molar-refractivity contribution in [3.8, 4) is 6.07 Å². The number of nitriles is 1. The molecule has 0 bridgehead atoms.